The first-order valence-electron chi connectivity index (χ1n) is 8.68. The molecule has 1 aliphatic heterocycles. The Bertz CT molecular complexity index is 884. The highest BCUT2D eigenvalue weighted by Crippen LogP contribution is 2.29. The number of carbonyl (C=O) groups excluding carboxylic acids is 2. The molecule has 2 atom stereocenters. The molecule has 2 aromatic rings. The summed E-state index contributed by atoms with van der Waals surface area (Å²) in [4.78, 5) is 25.1. The van der Waals surface area contributed by atoms with E-state index in [0.29, 0.717) is 16.7 Å². The Morgan fingerprint density at radius 1 is 1.07 bits per heavy atom. The number of aliphatic hydroxyl groups excluding tert-OH is 1. The van der Waals surface area contributed by atoms with E-state index in [1.165, 1.54) is 0 Å². The quantitative estimate of drug-likeness (QED) is 0.841. The lowest BCUT2D eigenvalue weighted by atomic mass is 10.0. The number of nitrogens with zero attached hydrogens (tertiary/aromatic N) is 1. The van der Waals surface area contributed by atoms with Crippen molar-refractivity contribution in [3.05, 3.63) is 70.8 Å². The van der Waals surface area contributed by atoms with Crippen LogP contribution in [0.4, 0.5) is 13.2 Å². The van der Waals surface area contributed by atoms with Crippen LogP contribution in [-0.2, 0) is 17.9 Å². The standard InChI is InChI=1S/C20H19F3N2O3/c1-12(24-18(27)13-5-3-2-4-6-13)14-7-8-15-10-25(11-16(15)9-14)19(28)17(26)20(21,22)23/h2-9,12,17,26H,10-11H2,1H3,(H,24,27)/t12-,17+/m1/s1. The highest BCUT2D eigenvalue weighted by molar-refractivity contribution is 5.94. The van der Waals surface area contributed by atoms with Gasteiger partial charge in [0.15, 0.2) is 0 Å². The molecule has 5 nitrogen and oxygen atoms in total. The highest BCUT2D eigenvalue weighted by atomic mass is 19.4. The van der Waals surface area contributed by atoms with Crippen LogP contribution in [-0.4, -0.2) is 34.1 Å². The fourth-order valence-corrected chi connectivity index (χ4v) is 3.11. The van der Waals surface area contributed by atoms with Crippen molar-refractivity contribution in [3.8, 4) is 0 Å². The predicted molar refractivity (Wildman–Crippen MR) is 95.1 cm³/mol. The molecule has 0 saturated heterocycles. The lowest BCUT2D eigenvalue weighted by Gasteiger charge is -2.21. The zero-order valence-electron chi connectivity index (χ0n) is 15.0. The van der Waals surface area contributed by atoms with Crippen molar-refractivity contribution >= 4 is 11.8 Å². The molecule has 0 spiro atoms. The van der Waals surface area contributed by atoms with Gasteiger partial charge in [0.1, 0.15) is 0 Å². The molecule has 0 radical (unpaired) electrons. The Labute approximate surface area is 159 Å². The molecule has 3 rings (SSSR count). The highest BCUT2D eigenvalue weighted by Gasteiger charge is 2.46. The van der Waals surface area contributed by atoms with E-state index in [2.05, 4.69) is 5.32 Å². The van der Waals surface area contributed by atoms with Gasteiger partial charge in [0.05, 0.1) is 6.04 Å². The minimum absolute atomic E-state index is 0.00629. The van der Waals surface area contributed by atoms with Gasteiger partial charge in [-0.05, 0) is 35.7 Å². The van der Waals surface area contributed by atoms with Gasteiger partial charge in [0.2, 0.25) is 6.10 Å². The number of alkyl halides is 3. The largest absolute Gasteiger partial charge is 0.423 e. The van der Waals surface area contributed by atoms with E-state index in [-0.39, 0.29) is 25.0 Å². The molecule has 0 aromatic heterocycles. The van der Waals surface area contributed by atoms with Crippen molar-refractivity contribution in [2.75, 3.05) is 0 Å². The number of halogens is 3. The van der Waals surface area contributed by atoms with Crippen LogP contribution in [0.15, 0.2) is 48.5 Å². The van der Waals surface area contributed by atoms with Crippen molar-refractivity contribution in [2.45, 2.75) is 38.3 Å². The molecule has 1 heterocycles. The summed E-state index contributed by atoms with van der Waals surface area (Å²) >= 11 is 0. The molecule has 2 aromatic carbocycles. The summed E-state index contributed by atoms with van der Waals surface area (Å²) in [5.41, 5.74) is 2.70. The van der Waals surface area contributed by atoms with Crippen LogP contribution < -0.4 is 5.32 Å². The molecule has 2 amide bonds. The summed E-state index contributed by atoms with van der Waals surface area (Å²) in [7, 11) is 0. The van der Waals surface area contributed by atoms with Gasteiger partial charge < -0.3 is 15.3 Å². The van der Waals surface area contributed by atoms with E-state index in [1.54, 1.807) is 49.4 Å². The van der Waals surface area contributed by atoms with Crippen molar-refractivity contribution in [1.29, 1.82) is 0 Å². The summed E-state index contributed by atoms with van der Waals surface area (Å²) in [5.74, 6) is -1.60. The molecule has 0 bridgehead atoms. The SMILES string of the molecule is C[C@@H](NC(=O)c1ccccc1)c1ccc2c(c1)CN(C(=O)[C@H](O)C(F)(F)F)C2. The predicted octanol–water partition coefficient (Wildman–Crippen LogP) is 2.94. The molecule has 8 heteroatoms. The van der Waals surface area contributed by atoms with Crippen LogP contribution in [0, 0.1) is 0 Å². The number of amides is 2. The smallest absolute Gasteiger partial charge is 0.376 e. The summed E-state index contributed by atoms with van der Waals surface area (Å²) in [5, 5.41) is 12.0. The minimum atomic E-state index is -4.99. The first kappa shape index (κ1) is 19.9. The first-order valence-corrected chi connectivity index (χ1v) is 8.68. The number of benzene rings is 2. The number of carbonyl (C=O) groups is 2. The first-order chi connectivity index (χ1) is 13.2. The normalized spacial score (nSPS) is 15.7. The molecule has 28 heavy (non-hydrogen) atoms. The third-order valence-electron chi connectivity index (χ3n) is 4.69. The van der Waals surface area contributed by atoms with E-state index in [1.807, 2.05) is 6.07 Å². The van der Waals surface area contributed by atoms with Gasteiger partial charge in [-0.15, -0.1) is 0 Å². The number of nitrogens with one attached hydrogen (secondary N) is 1. The topological polar surface area (TPSA) is 69.6 Å². The van der Waals surface area contributed by atoms with Crippen LogP contribution in [0.2, 0.25) is 0 Å². The van der Waals surface area contributed by atoms with E-state index >= 15 is 0 Å². The lowest BCUT2D eigenvalue weighted by molar-refractivity contribution is -0.211. The summed E-state index contributed by atoms with van der Waals surface area (Å²) in [6.07, 6.45) is -8.02. The minimum Gasteiger partial charge on any atom is -0.376 e. The summed E-state index contributed by atoms with van der Waals surface area (Å²) in [6, 6.07) is 13.6. The Hall–Kier alpha value is -2.87. The second kappa shape index (κ2) is 7.63. The molecule has 1 aliphatic rings. The van der Waals surface area contributed by atoms with Crippen LogP contribution in [0.25, 0.3) is 0 Å². The molecule has 0 fully saturated rings. The van der Waals surface area contributed by atoms with Gasteiger partial charge in [-0.1, -0.05) is 36.4 Å². The number of rotatable bonds is 4. The van der Waals surface area contributed by atoms with Crippen LogP contribution >= 0.6 is 0 Å². The number of aliphatic hydroxyl groups is 1. The fourth-order valence-electron chi connectivity index (χ4n) is 3.11. The number of hydrogen-bond donors (Lipinski definition) is 2. The zero-order valence-corrected chi connectivity index (χ0v) is 15.0. The van der Waals surface area contributed by atoms with Gasteiger partial charge in [-0.25, -0.2) is 0 Å². The lowest BCUT2D eigenvalue weighted by Crippen LogP contribution is -2.44. The molecule has 0 aliphatic carbocycles. The molecule has 0 saturated carbocycles. The molecule has 148 valence electrons. The zero-order chi connectivity index (χ0) is 20.5. The van der Waals surface area contributed by atoms with Crippen LogP contribution in [0.1, 0.15) is 40.0 Å². The average Bonchev–Trinajstić information content (AvgIpc) is 3.10. The second-order valence-corrected chi connectivity index (χ2v) is 6.73. The van der Waals surface area contributed by atoms with Gasteiger partial charge in [-0.3, -0.25) is 9.59 Å². The van der Waals surface area contributed by atoms with Crippen molar-refractivity contribution in [3.63, 3.8) is 0 Å². The Morgan fingerprint density at radius 3 is 2.36 bits per heavy atom. The van der Waals surface area contributed by atoms with Gasteiger partial charge in [0.25, 0.3) is 11.8 Å². The van der Waals surface area contributed by atoms with Crippen LogP contribution in [0.3, 0.4) is 0 Å². The monoisotopic (exact) mass is 392 g/mol. The maximum atomic E-state index is 12.6. The van der Waals surface area contributed by atoms with E-state index in [0.717, 1.165) is 10.5 Å². The van der Waals surface area contributed by atoms with Crippen molar-refractivity contribution < 1.29 is 27.9 Å². The Morgan fingerprint density at radius 2 is 1.71 bits per heavy atom. The summed E-state index contributed by atoms with van der Waals surface area (Å²) in [6.45, 7) is 1.79. The third-order valence-corrected chi connectivity index (χ3v) is 4.69. The van der Waals surface area contributed by atoms with E-state index < -0.39 is 18.2 Å². The average molecular weight is 392 g/mol. The Balaban J connectivity index is 1.69. The van der Waals surface area contributed by atoms with Gasteiger partial charge in [0, 0.05) is 18.7 Å². The third kappa shape index (κ3) is 4.17. The van der Waals surface area contributed by atoms with Crippen LogP contribution in [0.5, 0.6) is 0 Å². The summed E-state index contributed by atoms with van der Waals surface area (Å²) < 4.78 is 37.7. The molecule has 0 unspecified atom stereocenters. The second-order valence-electron chi connectivity index (χ2n) is 6.73. The number of fused-ring (bicyclic) bond motifs is 1. The maximum absolute atomic E-state index is 12.6. The molecular formula is C20H19F3N2O3. The fraction of sp³-hybridized carbons (Fsp3) is 0.300. The maximum Gasteiger partial charge on any atom is 0.423 e. The number of hydrogen-bond acceptors (Lipinski definition) is 3. The Kier molecular flexibility index (Phi) is 5.42. The van der Waals surface area contributed by atoms with E-state index in [4.69, 9.17) is 0 Å². The molecular weight excluding hydrogens is 373 g/mol. The van der Waals surface area contributed by atoms with Crippen molar-refractivity contribution in [1.82, 2.24) is 10.2 Å². The van der Waals surface area contributed by atoms with Gasteiger partial charge >= 0.3 is 6.18 Å². The van der Waals surface area contributed by atoms with E-state index in [9.17, 15) is 27.9 Å². The van der Waals surface area contributed by atoms with Gasteiger partial charge in [-0.2, -0.15) is 13.2 Å². The molecule has 2 N–H and O–H groups in total. The van der Waals surface area contributed by atoms with Crippen molar-refractivity contribution in [2.24, 2.45) is 0 Å².